The van der Waals surface area contributed by atoms with Gasteiger partial charge in [-0.3, -0.25) is 19.3 Å². The molecule has 0 spiro atoms. The van der Waals surface area contributed by atoms with Gasteiger partial charge in [-0.15, -0.1) is 0 Å². The third-order valence-corrected chi connectivity index (χ3v) is 3.49. The lowest BCUT2D eigenvalue weighted by molar-refractivity contribution is 0.00589. The molecule has 0 aromatic heterocycles. The molecule has 0 bridgehead atoms. The number of nitrogens with zero attached hydrogens (tertiary/aromatic N) is 2. The molecule has 0 radical (unpaired) electrons. The molecule has 2 heterocycles. The van der Waals surface area contributed by atoms with Gasteiger partial charge in [0.25, 0.3) is 17.7 Å². The highest BCUT2D eigenvalue weighted by Crippen LogP contribution is 2.24. The summed E-state index contributed by atoms with van der Waals surface area (Å²) in [5, 5.41) is 9.18. The SMILES string of the molecule is CN1C(=O)c2ccc(C(=O)N3CC(O)C3)cc2C1=O. The Kier molecular flexibility index (Phi) is 2.43. The van der Waals surface area contributed by atoms with Crippen LogP contribution in [0.15, 0.2) is 18.2 Å². The summed E-state index contributed by atoms with van der Waals surface area (Å²) >= 11 is 0. The molecule has 19 heavy (non-hydrogen) atoms. The molecule has 98 valence electrons. The van der Waals surface area contributed by atoms with Crippen LogP contribution in [0.1, 0.15) is 31.1 Å². The summed E-state index contributed by atoms with van der Waals surface area (Å²) in [6.07, 6.45) is -0.465. The maximum atomic E-state index is 12.0. The van der Waals surface area contributed by atoms with Crippen molar-refractivity contribution in [3.05, 3.63) is 34.9 Å². The second kappa shape index (κ2) is 3.89. The van der Waals surface area contributed by atoms with Crippen molar-refractivity contribution in [3.63, 3.8) is 0 Å². The second-order valence-corrected chi connectivity index (χ2v) is 4.79. The van der Waals surface area contributed by atoms with E-state index in [2.05, 4.69) is 0 Å². The number of aliphatic hydroxyl groups is 1. The van der Waals surface area contributed by atoms with Gasteiger partial charge in [0.1, 0.15) is 0 Å². The van der Waals surface area contributed by atoms with Crippen LogP contribution in [0.2, 0.25) is 0 Å². The van der Waals surface area contributed by atoms with Crippen LogP contribution in [-0.4, -0.2) is 58.9 Å². The number of amides is 3. The fraction of sp³-hybridized carbons (Fsp3) is 0.308. The molecule has 6 heteroatoms. The minimum absolute atomic E-state index is 0.233. The molecule has 0 unspecified atom stereocenters. The molecule has 0 saturated carbocycles. The van der Waals surface area contributed by atoms with E-state index in [9.17, 15) is 19.5 Å². The first-order valence-electron chi connectivity index (χ1n) is 5.93. The van der Waals surface area contributed by atoms with E-state index in [1.807, 2.05) is 0 Å². The Balaban J connectivity index is 1.93. The van der Waals surface area contributed by atoms with Crippen molar-refractivity contribution in [2.45, 2.75) is 6.10 Å². The van der Waals surface area contributed by atoms with Gasteiger partial charge in [0.05, 0.1) is 17.2 Å². The fourth-order valence-electron chi connectivity index (χ4n) is 2.30. The molecule has 1 aromatic rings. The van der Waals surface area contributed by atoms with E-state index in [1.165, 1.54) is 30.1 Å². The number of imide groups is 1. The molecule has 3 rings (SSSR count). The molecule has 1 fully saturated rings. The molecular formula is C13H12N2O4. The summed E-state index contributed by atoms with van der Waals surface area (Å²) in [6, 6.07) is 4.49. The monoisotopic (exact) mass is 260 g/mol. The van der Waals surface area contributed by atoms with Gasteiger partial charge in [-0.25, -0.2) is 0 Å². The van der Waals surface area contributed by atoms with Crippen LogP contribution in [0.3, 0.4) is 0 Å². The van der Waals surface area contributed by atoms with Crippen LogP contribution in [0, 0.1) is 0 Å². The Labute approximate surface area is 109 Å². The highest BCUT2D eigenvalue weighted by Gasteiger charge is 2.35. The minimum atomic E-state index is -0.465. The average Bonchev–Trinajstić information content (AvgIpc) is 2.59. The quantitative estimate of drug-likeness (QED) is 0.705. The Morgan fingerprint density at radius 2 is 1.84 bits per heavy atom. The number of hydrogen-bond acceptors (Lipinski definition) is 4. The summed E-state index contributed by atoms with van der Waals surface area (Å²) < 4.78 is 0. The average molecular weight is 260 g/mol. The highest BCUT2D eigenvalue weighted by atomic mass is 16.3. The molecule has 1 N–H and O–H groups in total. The first-order chi connectivity index (χ1) is 8.99. The van der Waals surface area contributed by atoms with Gasteiger partial charge in [0.2, 0.25) is 0 Å². The number of fused-ring (bicyclic) bond motifs is 1. The number of likely N-dealkylation sites (tertiary alicyclic amines) is 1. The van der Waals surface area contributed by atoms with Crippen molar-refractivity contribution in [2.24, 2.45) is 0 Å². The van der Waals surface area contributed by atoms with Gasteiger partial charge < -0.3 is 10.0 Å². The molecule has 0 aliphatic carbocycles. The summed E-state index contributed by atoms with van der Waals surface area (Å²) in [6.45, 7) is 0.616. The largest absolute Gasteiger partial charge is 0.389 e. The molecule has 3 amide bonds. The van der Waals surface area contributed by atoms with E-state index < -0.39 is 12.0 Å². The predicted molar refractivity (Wildman–Crippen MR) is 64.8 cm³/mol. The molecule has 2 aliphatic heterocycles. The number of hydrogen-bond donors (Lipinski definition) is 1. The maximum absolute atomic E-state index is 12.0. The van der Waals surface area contributed by atoms with Crippen LogP contribution in [0.4, 0.5) is 0 Å². The summed E-state index contributed by atoms with van der Waals surface area (Å²) in [4.78, 5) is 38.1. The number of rotatable bonds is 1. The van der Waals surface area contributed by atoms with Crippen molar-refractivity contribution in [1.82, 2.24) is 9.80 Å². The molecule has 6 nitrogen and oxygen atoms in total. The molecule has 1 aromatic carbocycles. The lowest BCUT2D eigenvalue weighted by Gasteiger charge is -2.35. The third-order valence-electron chi connectivity index (χ3n) is 3.49. The predicted octanol–water partition coefficient (Wildman–Crippen LogP) is -0.271. The number of β-amino-alcohol motifs (C(OH)–C–C–N with tert-alkyl or cyclic N) is 1. The number of carbonyl (C=O) groups excluding carboxylic acids is 3. The first kappa shape index (κ1) is 11.9. The Hall–Kier alpha value is -2.21. The van der Waals surface area contributed by atoms with Crippen molar-refractivity contribution >= 4 is 17.7 Å². The zero-order chi connectivity index (χ0) is 13.7. The van der Waals surface area contributed by atoms with Crippen molar-refractivity contribution < 1.29 is 19.5 Å². The van der Waals surface area contributed by atoms with E-state index in [1.54, 1.807) is 0 Å². The zero-order valence-corrected chi connectivity index (χ0v) is 10.3. The van der Waals surface area contributed by atoms with Gasteiger partial charge in [0, 0.05) is 25.7 Å². The number of aliphatic hydroxyl groups excluding tert-OH is 1. The number of carbonyl (C=O) groups is 3. The third kappa shape index (κ3) is 1.64. The van der Waals surface area contributed by atoms with Crippen LogP contribution >= 0.6 is 0 Å². The molecule has 1 saturated heterocycles. The molecular weight excluding hydrogens is 248 g/mol. The van der Waals surface area contributed by atoms with Crippen LogP contribution in [0.25, 0.3) is 0 Å². The van der Waals surface area contributed by atoms with Gasteiger partial charge in [0.15, 0.2) is 0 Å². The van der Waals surface area contributed by atoms with Crippen molar-refractivity contribution in [1.29, 1.82) is 0 Å². The van der Waals surface area contributed by atoms with Crippen molar-refractivity contribution in [3.8, 4) is 0 Å². The standard InChI is InChI=1S/C13H12N2O4/c1-14-12(18)9-3-2-7(4-10(9)13(14)19)11(17)15-5-8(16)6-15/h2-4,8,16H,5-6H2,1H3. The second-order valence-electron chi connectivity index (χ2n) is 4.79. The summed E-state index contributed by atoms with van der Waals surface area (Å²) in [7, 11) is 1.41. The Morgan fingerprint density at radius 3 is 2.47 bits per heavy atom. The maximum Gasteiger partial charge on any atom is 0.261 e. The Morgan fingerprint density at radius 1 is 1.21 bits per heavy atom. The normalized spacial score (nSPS) is 18.6. The van der Waals surface area contributed by atoms with E-state index >= 15 is 0 Å². The van der Waals surface area contributed by atoms with Crippen LogP contribution in [0.5, 0.6) is 0 Å². The van der Waals surface area contributed by atoms with E-state index in [-0.39, 0.29) is 17.4 Å². The summed E-state index contributed by atoms with van der Waals surface area (Å²) in [5.74, 6) is -0.973. The lowest BCUT2D eigenvalue weighted by Crippen LogP contribution is -2.53. The van der Waals surface area contributed by atoms with Gasteiger partial charge in [-0.1, -0.05) is 0 Å². The topological polar surface area (TPSA) is 77.9 Å². The van der Waals surface area contributed by atoms with E-state index in [4.69, 9.17) is 0 Å². The van der Waals surface area contributed by atoms with Crippen LogP contribution in [-0.2, 0) is 0 Å². The lowest BCUT2D eigenvalue weighted by atomic mass is 10.0. The minimum Gasteiger partial charge on any atom is -0.389 e. The van der Waals surface area contributed by atoms with Crippen LogP contribution < -0.4 is 0 Å². The highest BCUT2D eigenvalue weighted by molar-refractivity contribution is 6.21. The van der Waals surface area contributed by atoms with E-state index in [0.29, 0.717) is 24.2 Å². The van der Waals surface area contributed by atoms with Gasteiger partial charge >= 0.3 is 0 Å². The first-order valence-corrected chi connectivity index (χ1v) is 5.93. The van der Waals surface area contributed by atoms with Crippen molar-refractivity contribution in [2.75, 3.05) is 20.1 Å². The summed E-state index contributed by atoms with van der Waals surface area (Å²) in [5.41, 5.74) is 0.953. The molecule has 0 atom stereocenters. The van der Waals surface area contributed by atoms with E-state index in [0.717, 1.165) is 4.90 Å². The molecule has 2 aliphatic rings. The smallest absolute Gasteiger partial charge is 0.261 e. The fourth-order valence-corrected chi connectivity index (χ4v) is 2.30. The van der Waals surface area contributed by atoms with Gasteiger partial charge in [-0.2, -0.15) is 0 Å². The number of benzene rings is 1. The zero-order valence-electron chi connectivity index (χ0n) is 10.3. The Bertz CT molecular complexity index is 605. The van der Waals surface area contributed by atoms with Gasteiger partial charge in [-0.05, 0) is 18.2 Å².